The summed E-state index contributed by atoms with van der Waals surface area (Å²) in [6.07, 6.45) is 1.16. The van der Waals surface area contributed by atoms with Crippen LogP contribution in [0.1, 0.15) is 31.7 Å². The van der Waals surface area contributed by atoms with E-state index in [1.165, 1.54) is 27.8 Å². The molecule has 0 fully saturated rings. The SMILES string of the molecule is CC[C@@H](C)c1cc(-c2ccccc2)cc(-c2ccccc2)c1. The predicted octanol–water partition coefficient (Wildman–Crippen LogP) is 6.53. The summed E-state index contributed by atoms with van der Waals surface area (Å²) in [5.41, 5.74) is 6.59. The molecule has 0 unspecified atom stereocenters. The lowest BCUT2D eigenvalue weighted by Crippen LogP contribution is -1.93. The van der Waals surface area contributed by atoms with E-state index in [4.69, 9.17) is 0 Å². The van der Waals surface area contributed by atoms with E-state index in [1.807, 2.05) is 0 Å². The molecule has 3 aromatic rings. The Balaban J connectivity index is 2.14. The molecule has 0 saturated carbocycles. The first-order chi connectivity index (χ1) is 10.8. The van der Waals surface area contributed by atoms with E-state index < -0.39 is 0 Å². The Kier molecular flexibility index (Phi) is 4.39. The first-order valence-electron chi connectivity index (χ1n) is 8.03. The summed E-state index contributed by atoms with van der Waals surface area (Å²) in [6.45, 7) is 4.56. The number of benzene rings is 3. The van der Waals surface area contributed by atoms with Gasteiger partial charge in [-0.05, 0) is 46.2 Å². The zero-order valence-corrected chi connectivity index (χ0v) is 13.3. The molecule has 0 spiro atoms. The first-order valence-corrected chi connectivity index (χ1v) is 8.03. The molecule has 110 valence electrons. The highest BCUT2D eigenvalue weighted by molar-refractivity contribution is 5.74. The van der Waals surface area contributed by atoms with E-state index in [1.54, 1.807) is 0 Å². The van der Waals surface area contributed by atoms with Gasteiger partial charge in [0.15, 0.2) is 0 Å². The molecule has 0 N–H and O–H groups in total. The Morgan fingerprint density at radius 3 is 1.50 bits per heavy atom. The molecule has 0 heterocycles. The van der Waals surface area contributed by atoms with E-state index >= 15 is 0 Å². The smallest absolute Gasteiger partial charge is 0.0175 e. The van der Waals surface area contributed by atoms with E-state index in [-0.39, 0.29) is 0 Å². The lowest BCUT2D eigenvalue weighted by Gasteiger charge is -2.14. The van der Waals surface area contributed by atoms with Gasteiger partial charge in [-0.3, -0.25) is 0 Å². The van der Waals surface area contributed by atoms with Gasteiger partial charge in [-0.1, -0.05) is 86.6 Å². The van der Waals surface area contributed by atoms with E-state index in [0.717, 1.165) is 6.42 Å². The van der Waals surface area contributed by atoms with Crippen molar-refractivity contribution < 1.29 is 0 Å². The van der Waals surface area contributed by atoms with Crippen LogP contribution < -0.4 is 0 Å². The highest BCUT2D eigenvalue weighted by Gasteiger charge is 2.09. The van der Waals surface area contributed by atoms with Gasteiger partial charge < -0.3 is 0 Å². The summed E-state index contributed by atoms with van der Waals surface area (Å²) in [5, 5.41) is 0. The molecule has 0 aromatic heterocycles. The number of hydrogen-bond donors (Lipinski definition) is 0. The summed E-state index contributed by atoms with van der Waals surface area (Å²) < 4.78 is 0. The summed E-state index contributed by atoms with van der Waals surface area (Å²) in [7, 11) is 0. The van der Waals surface area contributed by atoms with Crippen LogP contribution in [0.4, 0.5) is 0 Å². The average Bonchev–Trinajstić information content (AvgIpc) is 2.62. The van der Waals surface area contributed by atoms with Crippen molar-refractivity contribution in [3.05, 3.63) is 84.4 Å². The van der Waals surface area contributed by atoms with Crippen molar-refractivity contribution in [2.75, 3.05) is 0 Å². The molecule has 0 heteroatoms. The third-order valence-corrected chi connectivity index (χ3v) is 4.35. The van der Waals surface area contributed by atoms with Crippen LogP contribution in [0.15, 0.2) is 78.9 Å². The zero-order chi connectivity index (χ0) is 15.4. The molecule has 0 bridgehead atoms. The van der Waals surface area contributed by atoms with Crippen LogP contribution >= 0.6 is 0 Å². The second-order valence-electron chi connectivity index (χ2n) is 5.89. The van der Waals surface area contributed by atoms with Gasteiger partial charge in [-0.2, -0.15) is 0 Å². The second-order valence-corrected chi connectivity index (χ2v) is 5.89. The molecule has 0 saturated heterocycles. The minimum Gasteiger partial charge on any atom is -0.0648 e. The van der Waals surface area contributed by atoms with Gasteiger partial charge in [-0.25, -0.2) is 0 Å². The van der Waals surface area contributed by atoms with Gasteiger partial charge in [0.2, 0.25) is 0 Å². The maximum atomic E-state index is 2.34. The normalized spacial score (nSPS) is 12.1. The number of hydrogen-bond acceptors (Lipinski definition) is 0. The predicted molar refractivity (Wildman–Crippen MR) is 96.0 cm³/mol. The van der Waals surface area contributed by atoms with Crippen LogP contribution in [0.2, 0.25) is 0 Å². The summed E-state index contributed by atoms with van der Waals surface area (Å²) in [5.74, 6) is 0.575. The molecule has 0 aliphatic heterocycles. The standard InChI is InChI=1S/C22H22/c1-3-17(2)20-14-21(18-10-6-4-7-11-18)16-22(15-20)19-12-8-5-9-13-19/h4-17H,3H2,1-2H3/t17-/m1/s1. The lowest BCUT2D eigenvalue weighted by atomic mass is 9.90. The van der Waals surface area contributed by atoms with Gasteiger partial charge >= 0.3 is 0 Å². The molecule has 3 rings (SSSR count). The molecule has 22 heavy (non-hydrogen) atoms. The topological polar surface area (TPSA) is 0 Å². The van der Waals surface area contributed by atoms with E-state index in [0.29, 0.717) is 5.92 Å². The van der Waals surface area contributed by atoms with E-state index in [2.05, 4.69) is 92.7 Å². The first kappa shape index (κ1) is 14.6. The lowest BCUT2D eigenvalue weighted by molar-refractivity contribution is 0.734. The van der Waals surface area contributed by atoms with E-state index in [9.17, 15) is 0 Å². The Morgan fingerprint density at radius 2 is 1.09 bits per heavy atom. The minimum absolute atomic E-state index is 0.575. The van der Waals surface area contributed by atoms with Crippen LogP contribution in [0.3, 0.4) is 0 Å². The van der Waals surface area contributed by atoms with Crippen molar-refractivity contribution in [2.24, 2.45) is 0 Å². The zero-order valence-electron chi connectivity index (χ0n) is 13.3. The molecule has 0 radical (unpaired) electrons. The molecular formula is C22H22. The van der Waals surface area contributed by atoms with Crippen LogP contribution in [-0.4, -0.2) is 0 Å². The van der Waals surface area contributed by atoms with Crippen LogP contribution in [-0.2, 0) is 0 Å². The second kappa shape index (κ2) is 6.62. The van der Waals surface area contributed by atoms with Gasteiger partial charge in [0, 0.05) is 0 Å². The van der Waals surface area contributed by atoms with Crippen molar-refractivity contribution in [2.45, 2.75) is 26.2 Å². The molecule has 3 aromatic carbocycles. The highest BCUT2D eigenvalue weighted by Crippen LogP contribution is 2.31. The Bertz CT molecular complexity index is 669. The fourth-order valence-corrected chi connectivity index (χ4v) is 2.77. The fourth-order valence-electron chi connectivity index (χ4n) is 2.77. The van der Waals surface area contributed by atoms with Gasteiger partial charge in [0.25, 0.3) is 0 Å². The maximum absolute atomic E-state index is 2.34. The Labute approximate surface area is 133 Å². The third kappa shape index (κ3) is 3.12. The summed E-state index contributed by atoms with van der Waals surface area (Å²) in [6, 6.07) is 28.3. The van der Waals surface area contributed by atoms with Crippen LogP contribution in [0.5, 0.6) is 0 Å². The van der Waals surface area contributed by atoms with Crippen molar-refractivity contribution in [1.29, 1.82) is 0 Å². The van der Waals surface area contributed by atoms with Crippen molar-refractivity contribution in [3.8, 4) is 22.3 Å². The Hall–Kier alpha value is -2.34. The average molecular weight is 286 g/mol. The fraction of sp³-hybridized carbons (Fsp3) is 0.182. The summed E-state index contributed by atoms with van der Waals surface area (Å²) in [4.78, 5) is 0. The summed E-state index contributed by atoms with van der Waals surface area (Å²) >= 11 is 0. The van der Waals surface area contributed by atoms with Crippen molar-refractivity contribution >= 4 is 0 Å². The molecule has 0 amide bonds. The largest absolute Gasteiger partial charge is 0.0648 e. The minimum atomic E-state index is 0.575. The monoisotopic (exact) mass is 286 g/mol. The van der Waals surface area contributed by atoms with Crippen molar-refractivity contribution in [1.82, 2.24) is 0 Å². The van der Waals surface area contributed by atoms with Crippen molar-refractivity contribution in [3.63, 3.8) is 0 Å². The van der Waals surface area contributed by atoms with Gasteiger partial charge in [0.05, 0.1) is 0 Å². The number of rotatable bonds is 4. The van der Waals surface area contributed by atoms with Crippen LogP contribution in [0, 0.1) is 0 Å². The highest BCUT2D eigenvalue weighted by atomic mass is 14.1. The molecular weight excluding hydrogens is 264 g/mol. The third-order valence-electron chi connectivity index (χ3n) is 4.35. The van der Waals surface area contributed by atoms with Gasteiger partial charge in [-0.15, -0.1) is 0 Å². The molecule has 1 atom stereocenters. The molecule has 0 aliphatic carbocycles. The Morgan fingerprint density at radius 1 is 0.636 bits per heavy atom. The quantitative estimate of drug-likeness (QED) is 0.511. The molecule has 0 aliphatic rings. The van der Waals surface area contributed by atoms with Crippen LogP contribution in [0.25, 0.3) is 22.3 Å². The maximum Gasteiger partial charge on any atom is -0.0175 e. The molecule has 0 nitrogen and oxygen atoms in total. The van der Waals surface area contributed by atoms with Gasteiger partial charge in [0.1, 0.15) is 0 Å².